The largest absolute Gasteiger partial charge is 0.389 e. The number of anilines is 1. The van der Waals surface area contributed by atoms with Crippen molar-refractivity contribution in [3.05, 3.63) is 40.7 Å². The van der Waals surface area contributed by atoms with Crippen molar-refractivity contribution in [1.29, 1.82) is 5.26 Å². The van der Waals surface area contributed by atoms with Gasteiger partial charge in [0.15, 0.2) is 5.82 Å². The maximum absolute atomic E-state index is 16.6. The monoisotopic (exact) mass is 490 g/mol. The van der Waals surface area contributed by atoms with E-state index in [-0.39, 0.29) is 32.9 Å². The van der Waals surface area contributed by atoms with Crippen LogP contribution in [-0.4, -0.2) is 27.9 Å². The number of nitriles is 1. The zero-order valence-electron chi connectivity index (χ0n) is 19.4. The molecule has 3 aliphatic rings. The second kappa shape index (κ2) is 7.21. The van der Waals surface area contributed by atoms with E-state index in [1.807, 2.05) is 4.68 Å². The maximum atomic E-state index is 16.6. The third-order valence-electron chi connectivity index (χ3n) is 7.87. The molecule has 4 heterocycles. The average molecular weight is 491 g/mol. The van der Waals surface area contributed by atoms with Crippen LogP contribution in [0.15, 0.2) is 12.1 Å². The fraction of sp³-hybridized carbons (Fsp3) is 0.423. The van der Waals surface area contributed by atoms with Crippen LogP contribution in [0, 0.1) is 34.8 Å². The number of nitrogen functional groups attached to an aromatic ring is 1. The fourth-order valence-electron chi connectivity index (χ4n) is 5.99. The number of hydrogen-bond acceptors (Lipinski definition) is 6. The lowest BCUT2D eigenvalue weighted by Crippen LogP contribution is -2.14. The molecule has 0 amide bonds. The van der Waals surface area contributed by atoms with Crippen molar-refractivity contribution in [1.82, 2.24) is 20.1 Å². The second-order valence-corrected chi connectivity index (χ2v) is 11.4. The molecule has 1 aliphatic heterocycles. The van der Waals surface area contributed by atoms with E-state index in [9.17, 15) is 9.65 Å². The first kappa shape index (κ1) is 21.2. The smallest absolute Gasteiger partial charge is 0.175 e. The van der Waals surface area contributed by atoms with Gasteiger partial charge in [-0.15, -0.1) is 11.3 Å². The van der Waals surface area contributed by atoms with Gasteiger partial charge in [-0.1, -0.05) is 13.8 Å². The number of halogens is 2. The number of thiophene rings is 1. The quantitative estimate of drug-likeness (QED) is 0.398. The molecule has 1 saturated heterocycles. The van der Waals surface area contributed by atoms with Crippen LogP contribution >= 0.6 is 11.3 Å². The van der Waals surface area contributed by atoms with E-state index in [1.165, 1.54) is 12.1 Å². The molecule has 2 atom stereocenters. The third kappa shape index (κ3) is 2.87. The fourth-order valence-corrected chi connectivity index (χ4v) is 6.94. The first-order valence-corrected chi connectivity index (χ1v) is 13.0. The SMILES string of the molecule is CC(C)c1nc(-c2ccc(F)c3sc(N)c(C#N)c23)c(F)c2c1c(C1C3CNCC31)nn2C1CC1. The van der Waals surface area contributed by atoms with Crippen LogP contribution in [0.3, 0.4) is 0 Å². The predicted octanol–water partition coefficient (Wildman–Crippen LogP) is 5.44. The van der Waals surface area contributed by atoms with Crippen molar-refractivity contribution in [2.45, 2.75) is 44.6 Å². The van der Waals surface area contributed by atoms with E-state index >= 15 is 4.39 Å². The molecule has 0 radical (unpaired) electrons. The Labute approximate surface area is 204 Å². The molecular formula is C26H24F2N6S. The Morgan fingerprint density at radius 2 is 1.94 bits per heavy atom. The average Bonchev–Trinajstić information content (AvgIpc) is 3.65. The van der Waals surface area contributed by atoms with Crippen LogP contribution in [0.4, 0.5) is 13.8 Å². The zero-order valence-corrected chi connectivity index (χ0v) is 20.2. The molecule has 178 valence electrons. The Bertz CT molecular complexity index is 1580. The van der Waals surface area contributed by atoms with Gasteiger partial charge in [0.25, 0.3) is 0 Å². The van der Waals surface area contributed by atoms with E-state index in [4.69, 9.17) is 15.8 Å². The van der Waals surface area contributed by atoms with Gasteiger partial charge in [-0.2, -0.15) is 10.4 Å². The van der Waals surface area contributed by atoms with Crippen molar-refractivity contribution in [2.24, 2.45) is 11.8 Å². The van der Waals surface area contributed by atoms with E-state index in [2.05, 4.69) is 25.2 Å². The minimum Gasteiger partial charge on any atom is -0.389 e. The van der Waals surface area contributed by atoms with Gasteiger partial charge in [0.2, 0.25) is 0 Å². The summed E-state index contributed by atoms with van der Waals surface area (Å²) in [6.45, 7) is 6.06. The number of rotatable bonds is 4. The maximum Gasteiger partial charge on any atom is 0.175 e. The minimum atomic E-state index is -0.480. The summed E-state index contributed by atoms with van der Waals surface area (Å²) in [4.78, 5) is 4.88. The Kier molecular flexibility index (Phi) is 4.37. The lowest BCUT2D eigenvalue weighted by atomic mass is 9.97. The minimum absolute atomic E-state index is 0.0306. The lowest BCUT2D eigenvalue weighted by molar-refractivity contribution is 0.593. The van der Waals surface area contributed by atoms with Crippen LogP contribution < -0.4 is 11.1 Å². The number of aromatic nitrogens is 3. The van der Waals surface area contributed by atoms with E-state index < -0.39 is 11.6 Å². The highest BCUT2D eigenvalue weighted by atomic mass is 32.1. The van der Waals surface area contributed by atoms with Crippen LogP contribution in [0.5, 0.6) is 0 Å². The van der Waals surface area contributed by atoms with Gasteiger partial charge in [-0.05, 0) is 55.8 Å². The summed E-state index contributed by atoms with van der Waals surface area (Å²) >= 11 is 1.01. The number of pyridine rings is 1. The van der Waals surface area contributed by atoms with Crippen molar-refractivity contribution < 1.29 is 8.78 Å². The predicted molar refractivity (Wildman–Crippen MR) is 132 cm³/mol. The summed E-state index contributed by atoms with van der Waals surface area (Å²) in [6, 6.07) is 5.09. The molecule has 2 aliphatic carbocycles. The molecular weight excluding hydrogens is 466 g/mol. The number of nitrogens with zero attached hydrogens (tertiary/aromatic N) is 4. The molecule has 2 unspecified atom stereocenters. The van der Waals surface area contributed by atoms with Crippen molar-refractivity contribution >= 4 is 37.3 Å². The van der Waals surface area contributed by atoms with Gasteiger partial charge in [0.1, 0.15) is 28.1 Å². The molecule has 0 bridgehead atoms. The number of hydrogen-bond donors (Lipinski definition) is 2. The molecule has 1 aromatic carbocycles. The van der Waals surface area contributed by atoms with Gasteiger partial charge in [0.05, 0.1) is 27.7 Å². The Hall–Kier alpha value is -3.09. The Morgan fingerprint density at radius 3 is 2.60 bits per heavy atom. The van der Waals surface area contributed by atoms with Gasteiger partial charge >= 0.3 is 0 Å². The molecule has 3 aromatic heterocycles. The van der Waals surface area contributed by atoms with E-state index in [0.29, 0.717) is 34.2 Å². The summed E-state index contributed by atoms with van der Waals surface area (Å²) in [5, 5.41) is 19.6. The van der Waals surface area contributed by atoms with Crippen LogP contribution in [0.2, 0.25) is 0 Å². The van der Waals surface area contributed by atoms with E-state index in [0.717, 1.165) is 54.0 Å². The number of benzene rings is 1. The lowest BCUT2D eigenvalue weighted by Gasteiger charge is -2.14. The summed E-state index contributed by atoms with van der Waals surface area (Å²) in [5.41, 5.74) is 9.01. The molecule has 2 saturated carbocycles. The number of nitrogens with two attached hydrogens (primary N) is 1. The first-order chi connectivity index (χ1) is 16.9. The normalized spacial score (nSPS) is 23.4. The summed E-state index contributed by atoms with van der Waals surface area (Å²) in [5.74, 6) is 0.525. The highest BCUT2D eigenvalue weighted by Crippen LogP contribution is 2.58. The topological polar surface area (TPSA) is 92.5 Å². The van der Waals surface area contributed by atoms with Gasteiger partial charge in [0, 0.05) is 22.3 Å². The summed E-state index contributed by atoms with van der Waals surface area (Å²) < 4.78 is 33.4. The van der Waals surface area contributed by atoms with Crippen molar-refractivity contribution in [3.8, 4) is 17.3 Å². The molecule has 3 N–H and O–H groups in total. The summed E-state index contributed by atoms with van der Waals surface area (Å²) in [6.07, 6.45) is 1.95. The Balaban J connectivity index is 1.55. The number of piperidine rings is 1. The van der Waals surface area contributed by atoms with E-state index in [1.54, 1.807) is 0 Å². The van der Waals surface area contributed by atoms with Gasteiger partial charge in [-0.3, -0.25) is 4.68 Å². The summed E-state index contributed by atoms with van der Waals surface area (Å²) in [7, 11) is 0. The number of nitrogens with one attached hydrogen (secondary N) is 1. The standard InChI is InChI=1S/C26H24F2N6S/c1-10(2)21-19-23(17-14-8-31-9-15(14)17)33-34(11-3-4-11)24(19)20(28)22(32-21)12-5-6-16(27)25-18(12)13(7-29)26(30)35-25/h5-6,10-11,14-15,17,31H,3-4,8-9,30H2,1-2H3. The third-order valence-corrected chi connectivity index (χ3v) is 8.90. The molecule has 6 nitrogen and oxygen atoms in total. The highest BCUT2D eigenvalue weighted by molar-refractivity contribution is 7.23. The molecule has 7 rings (SSSR count). The molecule has 0 spiro atoms. The second-order valence-electron chi connectivity index (χ2n) is 10.4. The molecule has 3 fully saturated rings. The van der Waals surface area contributed by atoms with Crippen molar-refractivity contribution in [3.63, 3.8) is 0 Å². The molecule has 4 aromatic rings. The van der Waals surface area contributed by atoms with Crippen LogP contribution in [0.25, 0.3) is 32.2 Å². The van der Waals surface area contributed by atoms with Gasteiger partial charge < -0.3 is 11.1 Å². The number of fused-ring (bicyclic) bond motifs is 3. The first-order valence-electron chi connectivity index (χ1n) is 12.1. The van der Waals surface area contributed by atoms with Crippen molar-refractivity contribution in [2.75, 3.05) is 18.8 Å². The zero-order chi connectivity index (χ0) is 24.2. The van der Waals surface area contributed by atoms with Gasteiger partial charge in [-0.25, -0.2) is 13.8 Å². The van der Waals surface area contributed by atoms with Crippen LogP contribution in [0.1, 0.15) is 61.5 Å². The highest BCUT2D eigenvalue weighted by Gasteiger charge is 2.56. The Morgan fingerprint density at radius 1 is 1.20 bits per heavy atom. The molecule has 9 heteroatoms. The molecule has 35 heavy (non-hydrogen) atoms. The van der Waals surface area contributed by atoms with Crippen LogP contribution in [-0.2, 0) is 0 Å².